The molecule has 0 bridgehead atoms. The Morgan fingerprint density at radius 3 is 2.12 bits per heavy atom. The van der Waals surface area contributed by atoms with E-state index in [-0.39, 0.29) is 12.2 Å². The van der Waals surface area contributed by atoms with E-state index in [9.17, 15) is 4.79 Å². The Morgan fingerprint density at radius 1 is 1.18 bits per heavy atom. The average molecular weight is 246 g/mol. The molecular formula is C12H26N2O3. The zero-order chi connectivity index (χ0) is 13.3. The van der Waals surface area contributed by atoms with E-state index < -0.39 is 5.54 Å². The van der Waals surface area contributed by atoms with Crippen molar-refractivity contribution >= 4 is 5.91 Å². The Balaban J connectivity index is 4.10. The van der Waals surface area contributed by atoms with Crippen LogP contribution in [0.5, 0.6) is 0 Å². The predicted octanol–water partition coefficient (Wildman–Crippen LogP) is 0.890. The molecule has 2 N–H and O–H groups in total. The van der Waals surface area contributed by atoms with Gasteiger partial charge in [0.25, 0.3) is 0 Å². The van der Waals surface area contributed by atoms with E-state index in [0.717, 1.165) is 6.54 Å². The highest BCUT2D eigenvalue weighted by Crippen LogP contribution is 2.02. The third-order valence-corrected chi connectivity index (χ3v) is 2.32. The lowest BCUT2D eigenvalue weighted by molar-refractivity contribution is -0.142. The maximum absolute atomic E-state index is 11.9. The summed E-state index contributed by atoms with van der Waals surface area (Å²) < 4.78 is 10.7. The van der Waals surface area contributed by atoms with Gasteiger partial charge in [-0.3, -0.25) is 4.79 Å². The monoisotopic (exact) mass is 246 g/mol. The van der Waals surface area contributed by atoms with Gasteiger partial charge in [0, 0.05) is 13.2 Å². The van der Waals surface area contributed by atoms with Crippen molar-refractivity contribution in [2.24, 2.45) is 0 Å². The zero-order valence-electron chi connectivity index (χ0n) is 11.6. The fourth-order valence-corrected chi connectivity index (χ4v) is 1.46. The second-order valence-electron chi connectivity index (χ2n) is 4.21. The number of nitrogens with one attached hydrogen (secondary N) is 2. The molecule has 0 aliphatic heterocycles. The molecule has 0 aliphatic carbocycles. The van der Waals surface area contributed by atoms with Crippen molar-refractivity contribution in [1.29, 1.82) is 0 Å². The first-order valence-corrected chi connectivity index (χ1v) is 6.24. The van der Waals surface area contributed by atoms with Crippen LogP contribution in [0.4, 0.5) is 0 Å². The molecule has 0 atom stereocenters. The molecule has 0 unspecified atom stereocenters. The lowest BCUT2D eigenvalue weighted by Crippen LogP contribution is -2.54. The molecule has 5 heteroatoms. The Kier molecular flexibility index (Phi) is 8.12. The fraction of sp³-hybridized carbons (Fsp3) is 0.917. The van der Waals surface area contributed by atoms with Crippen molar-refractivity contribution in [3.8, 4) is 0 Å². The van der Waals surface area contributed by atoms with Crippen LogP contribution in [-0.4, -0.2) is 44.0 Å². The van der Waals surface area contributed by atoms with Gasteiger partial charge >= 0.3 is 0 Å². The molecule has 0 rings (SSSR count). The van der Waals surface area contributed by atoms with Gasteiger partial charge < -0.3 is 20.1 Å². The number of carbonyl (C=O) groups excluding carboxylic acids is 1. The summed E-state index contributed by atoms with van der Waals surface area (Å²) >= 11 is 0. The molecule has 0 aromatic carbocycles. The summed E-state index contributed by atoms with van der Waals surface area (Å²) in [5.41, 5.74) is -0.572. The normalized spacial score (nSPS) is 11.9. The summed E-state index contributed by atoms with van der Waals surface area (Å²) in [4.78, 5) is 11.9. The van der Waals surface area contributed by atoms with Crippen molar-refractivity contribution in [2.45, 2.75) is 46.4 Å². The molecule has 0 saturated carbocycles. The number of hydrogen-bond donors (Lipinski definition) is 2. The van der Waals surface area contributed by atoms with Crippen LogP contribution in [0.25, 0.3) is 0 Å². The number of carbonyl (C=O) groups is 1. The average Bonchev–Trinajstić information content (AvgIpc) is 2.26. The van der Waals surface area contributed by atoms with Crippen LogP contribution in [0.1, 0.15) is 34.6 Å². The van der Waals surface area contributed by atoms with Crippen LogP contribution >= 0.6 is 0 Å². The topological polar surface area (TPSA) is 59.6 Å². The van der Waals surface area contributed by atoms with Crippen molar-refractivity contribution in [2.75, 3.05) is 26.3 Å². The molecule has 0 radical (unpaired) electrons. The van der Waals surface area contributed by atoms with Crippen LogP contribution in [0.15, 0.2) is 0 Å². The quantitative estimate of drug-likeness (QED) is 0.593. The first kappa shape index (κ1) is 16.4. The minimum Gasteiger partial charge on any atom is -0.351 e. The molecular weight excluding hydrogens is 220 g/mol. The number of ether oxygens (including phenoxy) is 2. The number of hydrogen-bond acceptors (Lipinski definition) is 4. The van der Waals surface area contributed by atoms with Crippen LogP contribution in [-0.2, 0) is 14.3 Å². The van der Waals surface area contributed by atoms with Gasteiger partial charge in [0.1, 0.15) is 0 Å². The Bertz CT molecular complexity index is 214. The van der Waals surface area contributed by atoms with Crippen molar-refractivity contribution in [3.63, 3.8) is 0 Å². The number of amides is 1. The largest absolute Gasteiger partial charge is 0.351 e. The van der Waals surface area contributed by atoms with E-state index >= 15 is 0 Å². The Morgan fingerprint density at radius 2 is 1.71 bits per heavy atom. The highest BCUT2D eigenvalue weighted by atomic mass is 16.7. The summed E-state index contributed by atoms with van der Waals surface area (Å²) in [6, 6.07) is 0. The van der Waals surface area contributed by atoms with Gasteiger partial charge in [0.2, 0.25) is 5.91 Å². The minimum atomic E-state index is -0.572. The molecule has 17 heavy (non-hydrogen) atoms. The summed E-state index contributed by atoms with van der Waals surface area (Å²) in [5.74, 6) is -0.0521. The maximum atomic E-state index is 11.9. The van der Waals surface area contributed by atoms with E-state index in [1.54, 1.807) is 0 Å². The fourth-order valence-electron chi connectivity index (χ4n) is 1.46. The molecule has 0 aliphatic rings. The molecule has 0 heterocycles. The third-order valence-electron chi connectivity index (χ3n) is 2.32. The standard InChI is InChI=1S/C12H26N2O3/c1-6-14-12(4,5)11(15)13-9-10(16-7-2)17-8-3/h10,14H,6-9H2,1-5H3,(H,13,15). The molecule has 5 nitrogen and oxygen atoms in total. The number of rotatable bonds is 9. The smallest absolute Gasteiger partial charge is 0.239 e. The summed E-state index contributed by atoms with van der Waals surface area (Å²) in [7, 11) is 0. The van der Waals surface area contributed by atoms with Gasteiger partial charge in [0.15, 0.2) is 6.29 Å². The number of likely N-dealkylation sites (N-methyl/N-ethyl adjacent to an activating group) is 1. The van der Waals surface area contributed by atoms with E-state index in [4.69, 9.17) is 9.47 Å². The van der Waals surface area contributed by atoms with Crippen LogP contribution in [0.3, 0.4) is 0 Å². The zero-order valence-corrected chi connectivity index (χ0v) is 11.6. The summed E-state index contributed by atoms with van der Waals surface area (Å²) in [5, 5.41) is 5.94. The Labute approximate surface area is 104 Å². The van der Waals surface area contributed by atoms with E-state index in [0.29, 0.717) is 19.8 Å². The second-order valence-corrected chi connectivity index (χ2v) is 4.21. The lowest BCUT2D eigenvalue weighted by atomic mass is 10.0. The van der Waals surface area contributed by atoms with Gasteiger partial charge in [-0.2, -0.15) is 0 Å². The van der Waals surface area contributed by atoms with Crippen molar-refractivity contribution < 1.29 is 14.3 Å². The van der Waals surface area contributed by atoms with Gasteiger partial charge in [0.05, 0.1) is 12.1 Å². The third kappa shape index (κ3) is 6.61. The van der Waals surface area contributed by atoms with Crippen molar-refractivity contribution in [1.82, 2.24) is 10.6 Å². The molecule has 0 aromatic heterocycles. The first-order valence-electron chi connectivity index (χ1n) is 6.24. The van der Waals surface area contributed by atoms with E-state index in [1.165, 1.54) is 0 Å². The molecule has 0 saturated heterocycles. The first-order chi connectivity index (χ1) is 7.97. The summed E-state index contributed by atoms with van der Waals surface area (Å²) in [6.07, 6.45) is -0.369. The van der Waals surface area contributed by atoms with Crippen LogP contribution < -0.4 is 10.6 Å². The van der Waals surface area contributed by atoms with Gasteiger partial charge in [-0.05, 0) is 34.2 Å². The van der Waals surface area contributed by atoms with Crippen molar-refractivity contribution in [3.05, 3.63) is 0 Å². The molecule has 0 aromatic rings. The van der Waals surface area contributed by atoms with Gasteiger partial charge in [-0.1, -0.05) is 6.92 Å². The van der Waals surface area contributed by atoms with Gasteiger partial charge in [-0.15, -0.1) is 0 Å². The van der Waals surface area contributed by atoms with Crippen LogP contribution in [0.2, 0.25) is 0 Å². The predicted molar refractivity (Wildman–Crippen MR) is 67.8 cm³/mol. The SMILES string of the molecule is CCNC(C)(C)C(=O)NCC(OCC)OCC. The second kappa shape index (κ2) is 8.44. The molecule has 0 fully saturated rings. The molecule has 1 amide bonds. The van der Waals surface area contributed by atoms with Crippen LogP contribution in [0, 0.1) is 0 Å². The van der Waals surface area contributed by atoms with Gasteiger partial charge in [-0.25, -0.2) is 0 Å². The lowest BCUT2D eigenvalue weighted by Gasteiger charge is -2.26. The highest BCUT2D eigenvalue weighted by molar-refractivity contribution is 5.85. The highest BCUT2D eigenvalue weighted by Gasteiger charge is 2.26. The molecule has 0 spiro atoms. The van der Waals surface area contributed by atoms with E-state index in [1.807, 2.05) is 34.6 Å². The van der Waals surface area contributed by atoms with E-state index in [2.05, 4.69) is 10.6 Å². The minimum absolute atomic E-state index is 0.0521. The Hall–Kier alpha value is -0.650. The maximum Gasteiger partial charge on any atom is 0.239 e. The molecule has 102 valence electrons. The summed E-state index contributed by atoms with van der Waals surface area (Å²) in [6.45, 7) is 11.7.